The lowest BCUT2D eigenvalue weighted by Gasteiger charge is -2.45. The Balaban J connectivity index is 1.52. The van der Waals surface area contributed by atoms with Gasteiger partial charge in [0.1, 0.15) is 23.6 Å². The van der Waals surface area contributed by atoms with Gasteiger partial charge in [0.05, 0.1) is 5.69 Å². The molecule has 196 valence electrons. The number of nitrogens with one attached hydrogen (secondary N) is 1. The SMILES string of the molecule is Cc1nc(-c2cnc3c(c2)cc(C(=O)NCc2ccc(Cl)cc2)c(=O)n3CC(=O)N2CC(C)(C)C2)cn1C. The molecular formula is C28H29ClN6O3. The van der Waals surface area contributed by atoms with E-state index in [0.29, 0.717) is 29.1 Å². The van der Waals surface area contributed by atoms with Crippen LogP contribution in [0.1, 0.15) is 35.6 Å². The molecule has 1 saturated heterocycles. The van der Waals surface area contributed by atoms with Crippen LogP contribution in [-0.2, 0) is 24.9 Å². The molecule has 0 saturated carbocycles. The van der Waals surface area contributed by atoms with Crippen molar-refractivity contribution in [3.63, 3.8) is 0 Å². The topological polar surface area (TPSA) is 102 Å². The number of carbonyl (C=O) groups excluding carboxylic acids is 2. The van der Waals surface area contributed by atoms with E-state index in [-0.39, 0.29) is 30.0 Å². The Hall–Kier alpha value is -3.98. The third kappa shape index (κ3) is 5.06. The molecule has 0 bridgehead atoms. The normalized spacial score (nSPS) is 14.4. The summed E-state index contributed by atoms with van der Waals surface area (Å²) in [5.41, 5.74) is 2.09. The third-order valence-corrected chi connectivity index (χ3v) is 7.08. The number of halogens is 1. The first-order valence-corrected chi connectivity index (χ1v) is 12.7. The van der Waals surface area contributed by atoms with E-state index in [9.17, 15) is 14.4 Å². The van der Waals surface area contributed by atoms with Gasteiger partial charge in [0.2, 0.25) is 5.91 Å². The van der Waals surface area contributed by atoms with Crippen molar-refractivity contribution in [2.45, 2.75) is 33.9 Å². The van der Waals surface area contributed by atoms with Gasteiger partial charge in [0, 0.05) is 55.0 Å². The second kappa shape index (κ2) is 9.72. The zero-order valence-corrected chi connectivity index (χ0v) is 22.5. The standard InChI is InChI=1S/C28H29ClN6O3/c1-17-32-23(13-33(17)4)20-9-19-10-22(26(37)31-11-18-5-7-21(29)8-6-18)27(38)35(25(19)30-12-20)14-24(36)34-15-28(2,3)16-34/h5-10,12-13H,11,14-16H2,1-4H3,(H,31,37). The molecule has 5 rings (SSSR count). The van der Waals surface area contributed by atoms with E-state index in [2.05, 4.69) is 29.1 Å². The minimum absolute atomic E-state index is 0.0556. The average Bonchev–Trinajstić information content (AvgIpc) is 3.21. The molecule has 0 radical (unpaired) electrons. The van der Waals surface area contributed by atoms with E-state index in [1.807, 2.05) is 30.8 Å². The fourth-order valence-corrected chi connectivity index (χ4v) is 4.82. The van der Waals surface area contributed by atoms with Crippen LogP contribution in [0.4, 0.5) is 0 Å². The van der Waals surface area contributed by atoms with E-state index in [1.165, 1.54) is 10.6 Å². The molecule has 0 unspecified atom stereocenters. The Morgan fingerprint density at radius 1 is 1.13 bits per heavy atom. The average molecular weight is 533 g/mol. The molecule has 9 nitrogen and oxygen atoms in total. The van der Waals surface area contributed by atoms with E-state index in [1.54, 1.807) is 35.4 Å². The van der Waals surface area contributed by atoms with Crippen molar-refractivity contribution in [3.05, 3.63) is 81.1 Å². The van der Waals surface area contributed by atoms with E-state index in [4.69, 9.17) is 11.6 Å². The number of benzene rings is 1. The van der Waals surface area contributed by atoms with Gasteiger partial charge in [-0.05, 0) is 42.2 Å². The summed E-state index contributed by atoms with van der Waals surface area (Å²) in [6.45, 7) is 7.35. The molecule has 0 aliphatic carbocycles. The van der Waals surface area contributed by atoms with Gasteiger partial charge in [0.25, 0.3) is 11.5 Å². The largest absolute Gasteiger partial charge is 0.348 e. The van der Waals surface area contributed by atoms with E-state index >= 15 is 0 Å². The smallest absolute Gasteiger partial charge is 0.265 e. The minimum Gasteiger partial charge on any atom is -0.348 e. The summed E-state index contributed by atoms with van der Waals surface area (Å²) in [5.74, 6) is 0.130. The maximum atomic E-state index is 13.5. The monoisotopic (exact) mass is 532 g/mol. The zero-order chi connectivity index (χ0) is 27.2. The van der Waals surface area contributed by atoms with Crippen LogP contribution in [0.2, 0.25) is 5.02 Å². The lowest BCUT2D eigenvalue weighted by Crippen LogP contribution is -2.56. The van der Waals surface area contributed by atoms with Crippen LogP contribution in [0.15, 0.2) is 53.6 Å². The molecule has 38 heavy (non-hydrogen) atoms. The molecule has 1 N–H and O–H groups in total. The number of hydrogen-bond acceptors (Lipinski definition) is 5. The van der Waals surface area contributed by atoms with Crippen molar-refractivity contribution in [2.24, 2.45) is 12.5 Å². The first-order chi connectivity index (χ1) is 18.0. The zero-order valence-electron chi connectivity index (χ0n) is 21.8. The highest BCUT2D eigenvalue weighted by molar-refractivity contribution is 6.30. The Kier molecular flexibility index (Phi) is 6.56. The van der Waals surface area contributed by atoms with Gasteiger partial charge in [-0.15, -0.1) is 0 Å². The van der Waals surface area contributed by atoms with Gasteiger partial charge in [-0.25, -0.2) is 9.97 Å². The number of rotatable bonds is 6. The van der Waals surface area contributed by atoms with Gasteiger partial charge >= 0.3 is 0 Å². The lowest BCUT2D eigenvalue weighted by atomic mass is 9.84. The maximum Gasteiger partial charge on any atom is 0.265 e. The summed E-state index contributed by atoms with van der Waals surface area (Å²) in [4.78, 5) is 50.6. The first-order valence-electron chi connectivity index (χ1n) is 12.4. The number of pyridine rings is 2. The van der Waals surface area contributed by atoms with Crippen LogP contribution in [0.5, 0.6) is 0 Å². The molecule has 3 aromatic heterocycles. The number of imidazole rings is 1. The van der Waals surface area contributed by atoms with Gasteiger partial charge in [0.15, 0.2) is 0 Å². The van der Waals surface area contributed by atoms with Crippen molar-refractivity contribution in [1.82, 2.24) is 29.3 Å². The van der Waals surface area contributed by atoms with Crippen LogP contribution >= 0.6 is 11.6 Å². The first kappa shape index (κ1) is 25.7. The summed E-state index contributed by atoms with van der Waals surface area (Å²) in [6, 6.07) is 10.5. The van der Waals surface area contributed by atoms with Crippen LogP contribution in [-0.4, -0.2) is 48.9 Å². The van der Waals surface area contributed by atoms with Gasteiger partial charge < -0.3 is 14.8 Å². The van der Waals surface area contributed by atoms with Crippen molar-refractivity contribution < 1.29 is 9.59 Å². The highest BCUT2D eigenvalue weighted by atomic mass is 35.5. The molecule has 0 spiro atoms. The van der Waals surface area contributed by atoms with Crippen molar-refractivity contribution in [3.8, 4) is 11.3 Å². The number of aryl methyl sites for hydroxylation is 2. The van der Waals surface area contributed by atoms with Gasteiger partial charge in [-0.3, -0.25) is 19.0 Å². The second-order valence-corrected chi connectivity index (χ2v) is 11.0. The Bertz CT molecular complexity index is 1590. The van der Waals surface area contributed by atoms with E-state index in [0.717, 1.165) is 22.6 Å². The van der Waals surface area contributed by atoms with Crippen molar-refractivity contribution in [1.29, 1.82) is 0 Å². The molecule has 1 aliphatic rings. The Morgan fingerprint density at radius 3 is 2.47 bits per heavy atom. The maximum absolute atomic E-state index is 13.5. The molecule has 1 aromatic carbocycles. The van der Waals surface area contributed by atoms with Crippen LogP contribution in [0.3, 0.4) is 0 Å². The summed E-state index contributed by atoms with van der Waals surface area (Å²) in [7, 11) is 1.91. The summed E-state index contributed by atoms with van der Waals surface area (Å²) >= 11 is 5.95. The van der Waals surface area contributed by atoms with Gasteiger partial charge in [-0.2, -0.15) is 0 Å². The second-order valence-electron chi connectivity index (χ2n) is 10.6. The molecule has 10 heteroatoms. The fraction of sp³-hybridized carbons (Fsp3) is 0.321. The predicted molar refractivity (Wildman–Crippen MR) is 146 cm³/mol. The fourth-order valence-electron chi connectivity index (χ4n) is 4.69. The number of amides is 2. The third-order valence-electron chi connectivity index (χ3n) is 6.83. The molecule has 4 heterocycles. The van der Waals surface area contributed by atoms with Crippen molar-refractivity contribution >= 4 is 34.4 Å². The number of carbonyl (C=O) groups is 2. The lowest BCUT2D eigenvalue weighted by molar-refractivity contribution is -0.142. The number of nitrogens with zero attached hydrogens (tertiary/aromatic N) is 5. The molecule has 0 atom stereocenters. The van der Waals surface area contributed by atoms with Gasteiger partial charge in [-0.1, -0.05) is 37.6 Å². The molecule has 1 aliphatic heterocycles. The number of hydrogen-bond donors (Lipinski definition) is 1. The Morgan fingerprint density at radius 2 is 1.84 bits per heavy atom. The van der Waals surface area contributed by atoms with Crippen LogP contribution in [0, 0.1) is 12.3 Å². The number of fused-ring (bicyclic) bond motifs is 1. The summed E-state index contributed by atoms with van der Waals surface area (Å²) in [6.07, 6.45) is 3.53. The summed E-state index contributed by atoms with van der Waals surface area (Å²) < 4.78 is 3.21. The summed E-state index contributed by atoms with van der Waals surface area (Å²) in [5, 5.41) is 3.97. The number of likely N-dealkylation sites (tertiary alicyclic amines) is 1. The highest BCUT2D eigenvalue weighted by Gasteiger charge is 2.37. The molecule has 1 fully saturated rings. The van der Waals surface area contributed by atoms with Crippen LogP contribution in [0.25, 0.3) is 22.3 Å². The minimum atomic E-state index is -0.562. The van der Waals surface area contributed by atoms with Crippen LogP contribution < -0.4 is 10.9 Å². The predicted octanol–water partition coefficient (Wildman–Crippen LogP) is 3.56. The quantitative estimate of drug-likeness (QED) is 0.409. The number of aromatic nitrogens is 4. The molecule has 2 amide bonds. The van der Waals surface area contributed by atoms with Crippen molar-refractivity contribution in [2.75, 3.05) is 13.1 Å². The molecule has 4 aromatic rings. The van der Waals surface area contributed by atoms with E-state index < -0.39 is 11.5 Å². The Labute approximate surface area is 225 Å². The highest BCUT2D eigenvalue weighted by Crippen LogP contribution is 2.29. The molecular weight excluding hydrogens is 504 g/mol.